The van der Waals surface area contributed by atoms with Crippen molar-refractivity contribution in [3.8, 4) is 5.75 Å². The number of nitrogens with one attached hydrogen (secondary N) is 2. The highest BCUT2D eigenvalue weighted by atomic mass is 32.1. The SMILES string of the molecule is COc1c(F)c(F)c(C(=O)NC(=S)Nc2ccccc2)c(F)c1F. The highest BCUT2D eigenvalue weighted by Crippen LogP contribution is 2.29. The lowest BCUT2D eigenvalue weighted by atomic mass is 10.1. The average Bonchev–Trinajstić information content (AvgIpc) is 2.54. The maximum Gasteiger partial charge on any atom is 0.263 e. The smallest absolute Gasteiger partial charge is 0.263 e. The number of anilines is 1. The van der Waals surface area contributed by atoms with Gasteiger partial charge < -0.3 is 10.1 Å². The maximum atomic E-state index is 13.8. The fourth-order valence-corrected chi connectivity index (χ4v) is 2.05. The van der Waals surface area contributed by atoms with Crippen molar-refractivity contribution in [1.29, 1.82) is 0 Å². The fraction of sp³-hybridized carbons (Fsp3) is 0.0667. The van der Waals surface area contributed by atoms with Gasteiger partial charge in [-0.05, 0) is 24.4 Å². The summed E-state index contributed by atoms with van der Waals surface area (Å²) in [6, 6.07) is 8.33. The number of benzene rings is 2. The second-order valence-electron chi connectivity index (χ2n) is 4.44. The van der Waals surface area contributed by atoms with Gasteiger partial charge in [0.15, 0.2) is 22.5 Å². The van der Waals surface area contributed by atoms with E-state index in [9.17, 15) is 22.4 Å². The number of amides is 1. The molecule has 2 aromatic rings. The average molecular weight is 358 g/mol. The van der Waals surface area contributed by atoms with Gasteiger partial charge in [0.1, 0.15) is 5.56 Å². The van der Waals surface area contributed by atoms with Crippen molar-refractivity contribution in [2.45, 2.75) is 0 Å². The van der Waals surface area contributed by atoms with Gasteiger partial charge in [-0.2, -0.15) is 8.78 Å². The van der Waals surface area contributed by atoms with Crippen LogP contribution in [-0.4, -0.2) is 18.1 Å². The van der Waals surface area contributed by atoms with Crippen LogP contribution >= 0.6 is 12.2 Å². The van der Waals surface area contributed by atoms with Gasteiger partial charge in [0.05, 0.1) is 7.11 Å². The first kappa shape index (κ1) is 17.7. The summed E-state index contributed by atoms with van der Waals surface area (Å²) in [6.07, 6.45) is 0. The zero-order valence-electron chi connectivity index (χ0n) is 12.1. The molecule has 0 fully saturated rings. The standard InChI is InChI=1S/C15H10F4N2O2S/c1-23-13-11(18)9(16)8(10(17)12(13)19)14(22)21-15(24)20-7-5-3-2-4-6-7/h2-6H,1H3,(H2,20,21,22,24). The molecule has 2 aromatic carbocycles. The Morgan fingerprint density at radius 2 is 1.54 bits per heavy atom. The Morgan fingerprint density at radius 1 is 1.00 bits per heavy atom. The Labute approximate surface area is 139 Å². The first-order valence-corrected chi connectivity index (χ1v) is 6.85. The molecule has 0 aliphatic heterocycles. The molecule has 0 spiro atoms. The highest BCUT2D eigenvalue weighted by molar-refractivity contribution is 7.80. The molecule has 1 amide bonds. The van der Waals surface area contributed by atoms with Crippen molar-refractivity contribution in [3.63, 3.8) is 0 Å². The van der Waals surface area contributed by atoms with Crippen LogP contribution in [0.15, 0.2) is 30.3 Å². The lowest BCUT2D eigenvalue weighted by Crippen LogP contribution is -2.35. The van der Waals surface area contributed by atoms with E-state index in [1.165, 1.54) is 0 Å². The van der Waals surface area contributed by atoms with E-state index in [0.717, 1.165) is 7.11 Å². The number of carbonyl (C=O) groups is 1. The molecule has 4 nitrogen and oxygen atoms in total. The lowest BCUT2D eigenvalue weighted by molar-refractivity contribution is 0.0966. The van der Waals surface area contributed by atoms with E-state index < -0.39 is 40.5 Å². The van der Waals surface area contributed by atoms with Gasteiger partial charge >= 0.3 is 0 Å². The Kier molecular flexibility index (Phi) is 5.35. The van der Waals surface area contributed by atoms with Crippen LogP contribution in [0.4, 0.5) is 23.2 Å². The van der Waals surface area contributed by atoms with E-state index in [2.05, 4.69) is 10.1 Å². The molecule has 0 unspecified atom stereocenters. The number of hydrogen-bond acceptors (Lipinski definition) is 3. The van der Waals surface area contributed by atoms with Crippen molar-refractivity contribution in [1.82, 2.24) is 5.32 Å². The van der Waals surface area contributed by atoms with Crippen molar-refractivity contribution in [2.24, 2.45) is 0 Å². The summed E-state index contributed by atoms with van der Waals surface area (Å²) in [6.45, 7) is 0. The van der Waals surface area contributed by atoms with Gasteiger partial charge in [-0.1, -0.05) is 18.2 Å². The minimum absolute atomic E-state index is 0.304. The van der Waals surface area contributed by atoms with Gasteiger partial charge in [-0.15, -0.1) is 0 Å². The molecule has 0 saturated carbocycles. The predicted octanol–water partition coefficient (Wildman–Crippen LogP) is 3.38. The Balaban J connectivity index is 2.26. The molecule has 126 valence electrons. The third kappa shape index (κ3) is 3.46. The number of ether oxygens (including phenoxy) is 1. The first-order chi connectivity index (χ1) is 11.4. The minimum atomic E-state index is -1.88. The quantitative estimate of drug-likeness (QED) is 0.502. The van der Waals surface area contributed by atoms with Crippen LogP contribution in [0.1, 0.15) is 10.4 Å². The monoisotopic (exact) mass is 358 g/mol. The second-order valence-corrected chi connectivity index (χ2v) is 4.85. The van der Waals surface area contributed by atoms with Gasteiger partial charge in [-0.25, -0.2) is 8.78 Å². The number of methoxy groups -OCH3 is 1. The summed E-state index contributed by atoms with van der Waals surface area (Å²) < 4.78 is 59.1. The number of carbonyl (C=O) groups excluding carboxylic acids is 1. The molecular formula is C15H10F4N2O2S. The highest BCUT2D eigenvalue weighted by Gasteiger charge is 2.30. The van der Waals surface area contributed by atoms with Crippen molar-refractivity contribution >= 4 is 28.9 Å². The van der Waals surface area contributed by atoms with E-state index >= 15 is 0 Å². The molecule has 0 aliphatic carbocycles. The summed E-state index contributed by atoms with van der Waals surface area (Å²) in [5.41, 5.74) is -0.946. The third-order valence-electron chi connectivity index (χ3n) is 2.91. The molecule has 0 heterocycles. The Bertz CT molecular complexity index is 771. The summed E-state index contributed by atoms with van der Waals surface area (Å²) >= 11 is 4.81. The van der Waals surface area contributed by atoms with Crippen LogP contribution in [0.3, 0.4) is 0 Å². The Hall–Kier alpha value is -2.68. The van der Waals surface area contributed by atoms with E-state index in [1.54, 1.807) is 30.3 Å². The van der Waals surface area contributed by atoms with Gasteiger partial charge in [-0.3, -0.25) is 10.1 Å². The minimum Gasteiger partial charge on any atom is -0.491 e. The number of thiocarbonyl (C=S) groups is 1. The van der Waals surface area contributed by atoms with Crippen LogP contribution in [0.5, 0.6) is 5.75 Å². The first-order valence-electron chi connectivity index (χ1n) is 6.44. The van der Waals surface area contributed by atoms with E-state index in [-0.39, 0.29) is 5.11 Å². The molecule has 0 aliphatic rings. The molecular weight excluding hydrogens is 348 g/mol. The molecule has 0 bridgehead atoms. The number of rotatable bonds is 3. The van der Waals surface area contributed by atoms with Crippen LogP contribution in [-0.2, 0) is 0 Å². The van der Waals surface area contributed by atoms with Gasteiger partial charge in [0.25, 0.3) is 5.91 Å². The van der Waals surface area contributed by atoms with Crippen LogP contribution < -0.4 is 15.4 Å². The Morgan fingerprint density at radius 3 is 2.04 bits per heavy atom. The molecule has 0 radical (unpaired) electrons. The van der Waals surface area contributed by atoms with Crippen molar-refractivity contribution < 1.29 is 27.1 Å². The largest absolute Gasteiger partial charge is 0.491 e. The molecule has 0 saturated heterocycles. The van der Waals surface area contributed by atoms with Crippen molar-refractivity contribution in [3.05, 3.63) is 59.2 Å². The second kappa shape index (κ2) is 7.26. The molecule has 2 rings (SSSR count). The molecule has 9 heteroatoms. The number of hydrogen-bond donors (Lipinski definition) is 2. The molecule has 24 heavy (non-hydrogen) atoms. The summed E-state index contributed by atoms with van der Waals surface area (Å²) in [5.74, 6) is -10.1. The molecule has 2 N–H and O–H groups in total. The third-order valence-corrected chi connectivity index (χ3v) is 3.12. The lowest BCUT2D eigenvalue weighted by Gasteiger charge is -2.12. The van der Waals surface area contributed by atoms with Gasteiger partial charge in [0.2, 0.25) is 11.6 Å². The summed E-state index contributed by atoms with van der Waals surface area (Å²) in [4.78, 5) is 11.9. The van der Waals surface area contributed by atoms with E-state index in [4.69, 9.17) is 12.2 Å². The maximum absolute atomic E-state index is 13.8. The summed E-state index contributed by atoms with van der Waals surface area (Å²) in [5, 5.41) is 4.22. The van der Waals surface area contributed by atoms with Crippen LogP contribution in [0.25, 0.3) is 0 Å². The predicted molar refractivity (Wildman–Crippen MR) is 83.0 cm³/mol. The fourth-order valence-electron chi connectivity index (χ4n) is 1.84. The normalized spacial score (nSPS) is 10.2. The molecule has 0 atom stereocenters. The van der Waals surface area contributed by atoms with Crippen LogP contribution in [0, 0.1) is 23.3 Å². The van der Waals surface area contributed by atoms with E-state index in [1.807, 2.05) is 5.32 Å². The number of halogens is 4. The zero-order valence-corrected chi connectivity index (χ0v) is 12.9. The molecule has 0 aromatic heterocycles. The van der Waals surface area contributed by atoms with Gasteiger partial charge in [0, 0.05) is 5.69 Å². The summed E-state index contributed by atoms with van der Waals surface area (Å²) in [7, 11) is 0.832. The van der Waals surface area contributed by atoms with Crippen molar-refractivity contribution in [2.75, 3.05) is 12.4 Å². The number of para-hydroxylation sites is 1. The zero-order chi connectivity index (χ0) is 17.9. The van der Waals surface area contributed by atoms with E-state index in [0.29, 0.717) is 5.69 Å². The van der Waals surface area contributed by atoms with Crippen LogP contribution in [0.2, 0.25) is 0 Å². The topological polar surface area (TPSA) is 50.4 Å².